The molecule has 0 aliphatic carbocycles. The normalized spacial score (nSPS) is 23.1. The Kier molecular flexibility index (Phi) is 3.23. The average Bonchev–Trinajstić information content (AvgIpc) is 2.74. The number of hydrogen-bond donors (Lipinski definition) is 2. The second-order valence-corrected chi connectivity index (χ2v) is 4.48. The number of aliphatic carboxylic acids is 1. The van der Waals surface area contributed by atoms with Gasteiger partial charge in [0.05, 0.1) is 0 Å². The van der Waals surface area contributed by atoms with E-state index in [1.165, 1.54) is 24.0 Å². The fourth-order valence-electron chi connectivity index (χ4n) is 2.52. The number of phenols is 1. The minimum absolute atomic E-state index is 0.145. The predicted molar refractivity (Wildman–Crippen MR) is 64.3 cm³/mol. The molecular formula is C13H15NO4. The highest BCUT2D eigenvalue weighted by atomic mass is 16.4. The van der Waals surface area contributed by atoms with E-state index >= 15 is 0 Å². The Balaban J connectivity index is 2.30. The van der Waals surface area contributed by atoms with Crippen molar-refractivity contribution in [2.75, 3.05) is 6.54 Å². The lowest BCUT2D eigenvalue weighted by atomic mass is 9.91. The van der Waals surface area contributed by atoms with Crippen LogP contribution >= 0.6 is 0 Å². The van der Waals surface area contributed by atoms with Crippen LogP contribution in [0.1, 0.15) is 24.8 Å². The molecular weight excluding hydrogens is 234 g/mol. The lowest BCUT2D eigenvalue weighted by Crippen LogP contribution is -2.41. The minimum atomic E-state index is -0.985. The van der Waals surface area contributed by atoms with Crippen molar-refractivity contribution in [1.82, 2.24) is 4.90 Å². The first kappa shape index (κ1) is 12.4. The molecule has 2 N–H and O–H groups in total. The number of carbonyl (C=O) groups excluding carboxylic acids is 1. The molecule has 2 rings (SSSR count). The maximum atomic E-state index is 11.4. The van der Waals surface area contributed by atoms with Crippen molar-refractivity contribution in [1.29, 1.82) is 0 Å². The van der Waals surface area contributed by atoms with Crippen LogP contribution in [-0.2, 0) is 9.59 Å². The number of hydrogen-bond acceptors (Lipinski definition) is 3. The van der Waals surface area contributed by atoms with Crippen LogP contribution in [0.5, 0.6) is 5.75 Å². The van der Waals surface area contributed by atoms with Gasteiger partial charge in [0.1, 0.15) is 11.8 Å². The second kappa shape index (κ2) is 4.68. The van der Waals surface area contributed by atoms with E-state index in [0.29, 0.717) is 13.0 Å². The first-order valence-corrected chi connectivity index (χ1v) is 5.79. The van der Waals surface area contributed by atoms with Crippen LogP contribution in [0.15, 0.2) is 24.3 Å². The van der Waals surface area contributed by atoms with Gasteiger partial charge in [0, 0.05) is 19.4 Å². The van der Waals surface area contributed by atoms with E-state index in [4.69, 9.17) is 0 Å². The van der Waals surface area contributed by atoms with Gasteiger partial charge in [0.2, 0.25) is 5.91 Å². The third-order valence-corrected chi connectivity index (χ3v) is 3.38. The molecule has 1 aliphatic rings. The van der Waals surface area contributed by atoms with Crippen LogP contribution < -0.4 is 0 Å². The molecule has 0 radical (unpaired) electrons. The summed E-state index contributed by atoms with van der Waals surface area (Å²) in [4.78, 5) is 24.1. The zero-order chi connectivity index (χ0) is 13.3. The Morgan fingerprint density at radius 1 is 1.28 bits per heavy atom. The Morgan fingerprint density at radius 3 is 2.39 bits per heavy atom. The quantitative estimate of drug-likeness (QED) is 0.825. The lowest BCUT2D eigenvalue weighted by Gasteiger charge is -2.23. The Labute approximate surface area is 105 Å². The zero-order valence-corrected chi connectivity index (χ0v) is 10.0. The molecule has 0 bridgehead atoms. The summed E-state index contributed by atoms with van der Waals surface area (Å²) in [7, 11) is 0. The maximum Gasteiger partial charge on any atom is 0.327 e. The van der Waals surface area contributed by atoms with Gasteiger partial charge in [-0.1, -0.05) is 12.1 Å². The zero-order valence-electron chi connectivity index (χ0n) is 10.0. The molecule has 2 atom stereocenters. The van der Waals surface area contributed by atoms with Crippen LogP contribution in [0, 0.1) is 0 Å². The molecule has 1 aliphatic heterocycles. The van der Waals surface area contributed by atoms with E-state index in [2.05, 4.69) is 0 Å². The summed E-state index contributed by atoms with van der Waals surface area (Å²) in [6.45, 7) is 1.84. The molecule has 5 nitrogen and oxygen atoms in total. The molecule has 1 aromatic carbocycles. The summed E-state index contributed by atoms with van der Waals surface area (Å²) in [6.07, 6.45) is 0.626. The van der Waals surface area contributed by atoms with Crippen molar-refractivity contribution in [2.45, 2.75) is 25.3 Å². The lowest BCUT2D eigenvalue weighted by molar-refractivity contribution is -0.147. The number of carboxylic acid groups (broad SMARTS) is 1. The van der Waals surface area contributed by atoms with Crippen LogP contribution in [0.4, 0.5) is 0 Å². The molecule has 0 spiro atoms. The number of likely N-dealkylation sites (tertiary alicyclic amines) is 1. The second-order valence-electron chi connectivity index (χ2n) is 4.48. The monoisotopic (exact) mass is 249 g/mol. The van der Waals surface area contributed by atoms with Gasteiger partial charge in [-0.15, -0.1) is 0 Å². The van der Waals surface area contributed by atoms with Gasteiger partial charge >= 0.3 is 5.97 Å². The maximum absolute atomic E-state index is 11.4. The van der Waals surface area contributed by atoms with Crippen molar-refractivity contribution in [3.05, 3.63) is 29.8 Å². The van der Waals surface area contributed by atoms with E-state index in [-0.39, 0.29) is 17.6 Å². The summed E-state index contributed by atoms with van der Waals surface area (Å²) in [5, 5.41) is 18.5. The van der Waals surface area contributed by atoms with E-state index in [9.17, 15) is 19.8 Å². The Hall–Kier alpha value is -2.04. The van der Waals surface area contributed by atoms with Crippen LogP contribution in [0.3, 0.4) is 0 Å². The van der Waals surface area contributed by atoms with Crippen molar-refractivity contribution in [2.24, 2.45) is 0 Å². The smallest absolute Gasteiger partial charge is 0.327 e. The van der Waals surface area contributed by atoms with Gasteiger partial charge in [-0.3, -0.25) is 4.79 Å². The number of aromatic hydroxyl groups is 1. The standard InChI is InChI=1S/C13H15NO4/c1-8(15)14-7-6-11(12(14)13(17)18)9-2-4-10(16)5-3-9/h2-5,11-12,16H,6-7H2,1H3,(H,17,18)/t11-,12-/m1/s1. The number of carbonyl (C=O) groups is 2. The molecule has 96 valence electrons. The summed E-state index contributed by atoms with van der Waals surface area (Å²) >= 11 is 0. The minimum Gasteiger partial charge on any atom is -0.508 e. The third-order valence-electron chi connectivity index (χ3n) is 3.38. The average molecular weight is 249 g/mol. The number of nitrogens with zero attached hydrogens (tertiary/aromatic N) is 1. The highest BCUT2D eigenvalue weighted by Crippen LogP contribution is 2.34. The molecule has 0 saturated carbocycles. The van der Waals surface area contributed by atoms with Gasteiger partial charge in [-0.25, -0.2) is 4.79 Å². The molecule has 5 heteroatoms. The van der Waals surface area contributed by atoms with E-state index < -0.39 is 12.0 Å². The van der Waals surface area contributed by atoms with Gasteiger partial charge in [0.15, 0.2) is 0 Å². The van der Waals surface area contributed by atoms with Gasteiger partial charge < -0.3 is 15.1 Å². The number of carboxylic acids is 1. The molecule has 1 amide bonds. The Bertz CT molecular complexity index is 468. The molecule has 1 heterocycles. The number of rotatable bonds is 2. The van der Waals surface area contributed by atoms with Gasteiger partial charge in [-0.2, -0.15) is 0 Å². The largest absolute Gasteiger partial charge is 0.508 e. The van der Waals surface area contributed by atoms with Crippen molar-refractivity contribution >= 4 is 11.9 Å². The summed E-state index contributed by atoms with van der Waals surface area (Å²) in [5.74, 6) is -1.27. The van der Waals surface area contributed by atoms with Crippen LogP contribution in [-0.4, -0.2) is 39.6 Å². The van der Waals surface area contributed by atoms with Crippen molar-refractivity contribution < 1.29 is 19.8 Å². The number of benzene rings is 1. The molecule has 0 unspecified atom stereocenters. The summed E-state index contributed by atoms with van der Waals surface area (Å²) < 4.78 is 0. The fourth-order valence-corrected chi connectivity index (χ4v) is 2.52. The van der Waals surface area contributed by atoms with Crippen LogP contribution in [0.2, 0.25) is 0 Å². The SMILES string of the molecule is CC(=O)N1CC[C@H](c2ccc(O)cc2)[C@@H]1C(=O)O. The first-order valence-electron chi connectivity index (χ1n) is 5.79. The van der Waals surface area contributed by atoms with Gasteiger partial charge in [0.25, 0.3) is 0 Å². The molecule has 1 fully saturated rings. The highest BCUT2D eigenvalue weighted by Gasteiger charge is 2.41. The first-order chi connectivity index (χ1) is 8.50. The number of amides is 1. The summed E-state index contributed by atoms with van der Waals surface area (Å²) in [6, 6.07) is 5.67. The predicted octanol–water partition coefficient (Wildman–Crippen LogP) is 1.18. The molecule has 1 aromatic rings. The number of phenolic OH excluding ortho intramolecular Hbond substituents is 1. The Morgan fingerprint density at radius 2 is 1.89 bits per heavy atom. The highest BCUT2D eigenvalue weighted by molar-refractivity contribution is 5.84. The third kappa shape index (κ3) is 2.16. The molecule has 0 aromatic heterocycles. The van der Waals surface area contributed by atoms with Crippen molar-refractivity contribution in [3.63, 3.8) is 0 Å². The van der Waals surface area contributed by atoms with Crippen LogP contribution in [0.25, 0.3) is 0 Å². The molecule has 1 saturated heterocycles. The van der Waals surface area contributed by atoms with E-state index in [1.807, 2.05) is 0 Å². The van der Waals surface area contributed by atoms with E-state index in [1.54, 1.807) is 12.1 Å². The summed E-state index contributed by atoms with van der Waals surface area (Å²) in [5.41, 5.74) is 0.837. The topological polar surface area (TPSA) is 77.8 Å². The van der Waals surface area contributed by atoms with Crippen molar-refractivity contribution in [3.8, 4) is 5.75 Å². The van der Waals surface area contributed by atoms with E-state index in [0.717, 1.165) is 5.56 Å². The molecule has 18 heavy (non-hydrogen) atoms. The van der Waals surface area contributed by atoms with Gasteiger partial charge in [-0.05, 0) is 24.1 Å². The fraction of sp³-hybridized carbons (Fsp3) is 0.385.